The number of hydrogen-bond donors (Lipinski definition) is 4. The molecule has 0 radical (unpaired) electrons. The van der Waals surface area contributed by atoms with Crippen molar-refractivity contribution in [1.82, 2.24) is 9.69 Å². The fourth-order valence-electron chi connectivity index (χ4n) is 2.22. The maximum Gasteiger partial charge on any atom is 0.257 e. The van der Waals surface area contributed by atoms with Crippen molar-refractivity contribution in [3.05, 3.63) is 5.56 Å². The number of aliphatic hydroxyl groups is 1. The lowest BCUT2D eigenvalue weighted by Crippen LogP contribution is -2.33. The van der Waals surface area contributed by atoms with Crippen molar-refractivity contribution in [2.75, 3.05) is 24.6 Å². The topological polar surface area (TPSA) is 100 Å². The van der Waals surface area contributed by atoms with Gasteiger partial charge in [-0.15, -0.1) is 0 Å². The summed E-state index contributed by atoms with van der Waals surface area (Å²) < 4.78 is 3.97. The first-order chi connectivity index (χ1) is 8.56. The number of carbonyl (C=O) groups excluding carboxylic acids is 1. The molecule has 1 aliphatic rings. The third kappa shape index (κ3) is 2.56. The lowest BCUT2D eigenvalue weighted by atomic mass is 10.0. The molecular weight excluding hydrogens is 252 g/mol. The predicted octanol–water partition coefficient (Wildman–Crippen LogP) is 0.802. The summed E-state index contributed by atoms with van der Waals surface area (Å²) in [7, 11) is 1.55. The number of rotatable bonds is 4. The van der Waals surface area contributed by atoms with Crippen LogP contribution < -0.4 is 16.4 Å². The van der Waals surface area contributed by atoms with E-state index in [-0.39, 0.29) is 11.7 Å². The lowest BCUT2D eigenvalue weighted by Gasteiger charge is -2.22. The van der Waals surface area contributed by atoms with Crippen LogP contribution in [0.1, 0.15) is 36.0 Å². The van der Waals surface area contributed by atoms with Gasteiger partial charge >= 0.3 is 0 Å². The first-order valence-electron chi connectivity index (χ1n) is 5.99. The molecule has 0 saturated heterocycles. The van der Waals surface area contributed by atoms with Crippen LogP contribution in [0.25, 0.3) is 0 Å². The van der Waals surface area contributed by atoms with E-state index in [0.717, 1.165) is 37.2 Å². The predicted molar refractivity (Wildman–Crippen MR) is 71.8 cm³/mol. The number of nitrogens with two attached hydrogens (primary N) is 1. The van der Waals surface area contributed by atoms with E-state index in [9.17, 15) is 9.90 Å². The molecule has 1 saturated carbocycles. The van der Waals surface area contributed by atoms with Gasteiger partial charge in [0.2, 0.25) is 0 Å². The summed E-state index contributed by atoms with van der Waals surface area (Å²) in [5.74, 6) is -0.0394. The molecule has 5 N–H and O–H groups in total. The van der Waals surface area contributed by atoms with Crippen LogP contribution in [0, 0.1) is 0 Å². The van der Waals surface area contributed by atoms with Crippen molar-refractivity contribution in [1.29, 1.82) is 0 Å². The second kappa shape index (κ2) is 5.11. The van der Waals surface area contributed by atoms with Gasteiger partial charge in [-0.3, -0.25) is 4.79 Å². The molecule has 0 aromatic carbocycles. The number of nitrogen functional groups attached to an aromatic ring is 1. The van der Waals surface area contributed by atoms with E-state index in [4.69, 9.17) is 5.73 Å². The van der Waals surface area contributed by atoms with Crippen molar-refractivity contribution in [3.8, 4) is 0 Å². The Balaban J connectivity index is 2.07. The normalized spacial score (nSPS) is 17.7. The van der Waals surface area contributed by atoms with E-state index < -0.39 is 5.60 Å². The van der Waals surface area contributed by atoms with Gasteiger partial charge in [-0.05, 0) is 24.4 Å². The number of amides is 1. The summed E-state index contributed by atoms with van der Waals surface area (Å²) in [5.41, 5.74) is 5.37. The Labute approximate surface area is 110 Å². The summed E-state index contributed by atoms with van der Waals surface area (Å²) in [5, 5.41) is 16.5. The van der Waals surface area contributed by atoms with Gasteiger partial charge in [0.05, 0.1) is 5.60 Å². The maximum atomic E-state index is 11.7. The van der Waals surface area contributed by atoms with Gasteiger partial charge in [0.25, 0.3) is 5.91 Å². The van der Waals surface area contributed by atoms with Crippen molar-refractivity contribution in [3.63, 3.8) is 0 Å². The maximum absolute atomic E-state index is 11.7. The molecule has 1 amide bonds. The Hall–Kier alpha value is -1.34. The second-order valence-electron chi connectivity index (χ2n) is 4.64. The minimum absolute atomic E-state index is 0.222. The molecule has 1 aromatic rings. The van der Waals surface area contributed by atoms with Crippen LogP contribution in [-0.4, -0.2) is 34.6 Å². The van der Waals surface area contributed by atoms with Crippen LogP contribution >= 0.6 is 11.5 Å². The minimum Gasteiger partial charge on any atom is -0.388 e. The van der Waals surface area contributed by atoms with Gasteiger partial charge in [-0.25, -0.2) is 0 Å². The molecule has 0 aliphatic heterocycles. The minimum atomic E-state index is -0.668. The van der Waals surface area contributed by atoms with Gasteiger partial charge in [-0.2, -0.15) is 4.37 Å². The molecule has 0 spiro atoms. The molecule has 1 aliphatic carbocycles. The quantitative estimate of drug-likeness (QED) is 0.648. The zero-order chi connectivity index (χ0) is 13.2. The zero-order valence-electron chi connectivity index (χ0n) is 10.3. The van der Waals surface area contributed by atoms with Gasteiger partial charge in [0.1, 0.15) is 10.6 Å². The first kappa shape index (κ1) is 13.1. The van der Waals surface area contributed by atoms with Crippen molar-refractivity contribution in [2.24, 2.45) is 0 Å². The van der Waals surface area contributed by atoms with Crippen LogP contribution in [0.5, 0.6) is 0 Å². The Bertz CT molecular complexity index is 440. The van der Waals surface area contributed by atoms with Crippen molar-refractivity contribution in [2.45, 2.75) is 31.3 Å². The largest absolute Gasteiger partial charge is 0.388 e. The Morgan fingerprint density at radius 3 is 2.83 bits per heavy atom. The van der Waals surface area contributed by atoms with Gasteiger partial charge in [0, 0.05) is 13.6 Å². The van der Waals surface area contributed by atoms with Crippen molar-refractivity contribution >= 4 is 28.3 Å². The Morgan fingerprint density at radius 2 is 2.22 bits per heavy atom. The summed E-state index contributed by atoms with van der Waals surface area (Å²) in [6, 6.07) is 0. The number of aromatic nitrogens is 1. The van der Waals surface area contributed by atoms with Crippen molar-refractivity contribution < 1.29 is 9.90 Å². The molecule has 1 aromatic heterocycles. The smallest absolute Gasteiger partial charge is 0.257 e. The average molecular weight is 270 g/mol. The Kier molecular flexibility index (Phi) is 3.72. The number of nitrogens with one attached hydrogen (secondary N) is 2. The van der Waals surface area contributed by atoms with E-state index in [1.54, 1.807) is 7.05 Å². The molecule has 100 valence electrons. The number of carbonyl (C=O) groups is 1. The molecular formula is C11H18N4O2S. The molecule has 1 heterocycles. The molecule has 7 heteroatoms. The average Bonchev–Trinajstić information content (AvgIpc) is 2.93. The third-order valence-corrected chi connectivity index (χ3v) is 4.10. The van der Waals surface area contributed by atoms with Crippen LogP contribution in [0.2, 0.25) is 0 Å². The van der Waals surface area contributed by atoms with Gasteiger partial charge in [-0.1, -0.05) is 12.8 Å². The number of hydrogen-bond acceptors (Lipinski definition) is 6. The molecule has 18 heavy (non-hydrogen) atoms. The molecule has 2 rings (SSSR count). The lowest BCUT2D eigenvalue weighted by molar-refractivity contribution is 0.0615. The van der Waals surface area contributed by atoms with E-state index >= 15 is 0 Å². The molecule has 1 fully saturated rings. The summed E-state index contributed by atoms with van der Waals surface area (Å²) in [6.07, 6.45) is 3.68. The Morgan fingerprint density at radius 1 is 1.56 bits per heavy atom. The SMILES string of the molecule is CNC(=O)c1c(N)nsc1NCC1(O)CCCC1. The fraction of sp³-hybridized carbons (Fsp3) is 0.636. The second-order valence-corrected chi connectivity index (χ2v) is 5.41. The summed E-state index contributed by atoms with van der Waals surface area (Å²) in [6.45, 7) is 0.429. The van der Waals surface area contributed by atoms with E-state index in [1.165, 1.54) is 0 Å². The zero-order valence-corrected chi connectivity index (χ0v) is 11.1. The van der Waals surface area contributed by atoms with E-state index in [1.807, 2.05) is 0 Å². The van der Waals surface area contributed by atoms with Gasteiger partial charge < -0.3 is 21.5 Å². The first-order valence-corrected chi connectivity index (χ1v) is 6.76. The highest BCUT2D eigenvalue weighted by molar-refractivity contribution is 7.11. The highest BCUT2D eigenvalue weighted by atomic mass is 32.1. The van der Waals surface area contributed by atoms with E-state index in [2.05, 4.69) is 15.0 Å². The van der Waals surface area contributed by atoms with Crippen LogP contribution in [0.3, 0.4) is 0 Å². The van der Waals surface area contributed by atoms with Gasteiger partial charge in [0.15, 0.2) is 5.82 Å². The van der Waals surface area contributed by atoms with Crippen LogP contribution in [-0.2, 0) is 0 Å². The number of nitrogens with zero attached hydrogens (tertiary/aromatic N) is 1. The van der Waals surface area contributed by atoms with Crippen LogP contribution in [0.4, 0.5) is 10.8 Å². The molecule has 0 atom stereocenters. The summed E-state index contributed by atoms with van der Waals surface area (Å²) >= 11 is 1.14. The number of anilines is 2. The van der Waals surface area contributed by atoms with E-state index in [0.29, 0.717) is 17.1 Å². The molecule has 6 nitrogen and oxygen atoms in total. The molecule has 0 unspecified atom stereocenters. The van der Waals surface area contributed by atoms with Crippen LogP contribution in [0.15, 0.2) is 0 Å². The highest BCUT2D eigenvalue weighted by Crippen LogP contribution is 2.32. The third-order valence-electron chi connectivity index (χ3n) is 3.28. The monoisotopic (exact) mass is 270 g/mol. The molecule has 0 bridgehead atoms. The standard InChI is InChI=1S/C11H18N4O2S/c1-13-9(16)7-8(12)15-18-10(7)14-6-11(17)4-2-3-5-11/h14,17H,2-6H2,1H3,(H2,12,15)(H,13,16). The fourth-order valence-corrected chi connectivity index (χ4v) is 2.93. The highest BCUT2D eigenvalue weighted by Gasteiger charge is 2.31. The summed E-state index contributed by atoms with van der Waals surface area (Å²) in [4.78, 5) is 11.7.